The maximum atomic E-state index is 8.82. The van der Waals surface area contributed by atoms with Crippen LogP contribution in [0.1, 0.15) is 11.1 Å². The van der Waals surface area contributed by atoms with Crippen molar-refractivity contribution >= 4 is 17.0 Å². The predicted octanol–water partition coefficient (Wildman–Crippen LogP) is 4.12. The summed E-state index contributed by atoms with van der Waals surface area (Å²) in [5, 5.41) is 18.7. The van der Waals surface area contributed by atoms with Crippen molar-refractivity contribution in [2.24, 2.45) is 0 Å². The van der Waals surface area contributed by atoms with Crippen molar-refractivity contribution < 1.29 is 0 Å². The molecule has 0 bridgehead atoms. The molecule has 0 fully saturated rings. The molecule has 0 saturated heterocycles. The molecule has 3 heteroatoms. The molecule has 1 aromatic heterocycles. The Morgan fingerprint density at radius 1 is 1.00 bits per heavy atom. The molecule has 0 aliphatic carbocycles. The Labute approximate surface area is 129 Å². The fourth-order valence-corrected chi connectivity index (χ4v) is 2.48. The van der Waals surface area contributed by atoms with Crippen molar-refractivity contribution in [2.45, 2.75) is 6.54 Å². The van der Waals surface area contributed by atoms with Crippen LogP contribution in [0.2, 0.25) is 0 Å². The highest BCUT2D eigenvalue weighted by atomic mass is 14.9. The standard InChI is InChI=1S/C19H13N3/c20-12-17(13-21)10-16-6-7-19-18(11-16)8-9-22(19)14-15-4-2-1-3-5-15/h1-11H,14H2. The van der Waals surface area contributed by atoms with E-state index >= 15 is 0 Å². The molecule has 104 valence electrons. The van der Waals surface area contributed by atoms with Gasteiger partial charge in [-0.05, 0) is 35.4 Å². The minimum Gasteiger partial charge on any atom is -0.343 e. The predicted molar refractivity (Wildman–Crippen MR) is 86.7 cm³/mol. The van der Waals surface area contributed by atoms with E-state index in [-0.39, 0.29) is 5.57 Å². The van der Waals surface area contributed by atoms with E-state index in [0.717, 1.165) is 23.0 Å². The first-order valence-corrected chi connectivity index (χ1v) is 6.95. The van der Waals surface area contributed by atoms with E-state index in [9.17, 15) is 0 Å². The molecule has 0 amide bonds. The van der Waals surface area contributed by atoms with Crippen LogP contribution in [0.3, 0.4) is 0 Å². The Morgan fingerprint density at radius 2 is 1.77 bits per heavy atom. The first-order valence-electron chi connectivity index (χ1n) is 6.95. The summed E-state index contributed by atoms with van der Waals surface area (Å²) in [5.74, 6) is 0. The SMILES string of the molecule is N#CC(C#N)=Cc1ccc2c(ccn2Cc2ccccc2)c1. The molecule has 0 aliphatic heterocycles. The van der Waals surface area contributed by atoms with Gasteiger partial charge in [0.05, 0.1) is 0 Å². The molecule has 0 radical (unpaired) electrons. The number of allylic oxidation sites excluding steroid dienone is 1. The number of nitrogens with zero attached hydrogens (tertiary/aromatic N) is 3. The van der Waals surface area contributed by atoms with E-state index in [0.29, 0.717) is 0 Å². The topological polar surface area (TPSA) is 52.5 Å². The van der Waals surface area contributed by atoms with Gasteiger partial charge >= 0.3 is 0 Å². The van der Waals surface area contributed by atoms with Crippen LogP contribution < -0.4 is 0 Å². The number of fused-ring (bicyclic) bond motifs is 1. The normalized spacial score (nSPS) is 9.91. The Balaban J connectivity index is 1.95. The second-order valence-corrected chi connectivity index (χ2v) is 5.03. The van der Waals surface area contributed by atoms with Crippen molar-refractivity contribution in [3.05, 3.63) is 77.5 Å². The summed E-state index contributed by atoms with van der Waals surface area (Å²) >= 11 is 0. The van der Waals surface area contributed by atoms with Gasteiger partial charge < -0.3 is 4.57 Å². The number of hydrogen-bond acceptors (Lipinski definition) is 2. The molecule has 0 spiro atoms. The third kappa shape index (κ3) is 2.75. The van der Waals surface area contributed by atoms with Crippen molar-refractivity contribution in [1.29, 1.82) is 10.5 Å². The second kappa shape index (κ2) is 5.99. The molecule has 0 unspecified atom stereocenters. The third-order valence-corrected chi connectivity index (χ3v) is 3.54. The summed E-state index contributed by atoms with van der Waals surface area (Å²) in [6.07, 6.45) is 3.66. The number of hydrogen-bond donors (Lipinski definition) is 0. The molecule has 3 rings (SSSR count). The minimum absolute atomic E-state index is 0.114. The fourth-order valence-electron chi connectivity index (χ4n) is 2.48. The molecule has 22 heavy (non-hydrogen) atoms. The van der Waals surface area contributed by atoms with Crippen LogP contribution in [0.15, 0.2) is 66.4 Å². The highest BCUT2D eigenvalue weighted by molar-refractivity contribution is 5.83. The Kier molecular flexibility index (Phi) is 3.72. The summed E-state index contributed by atoms with van der Waals surface area (Å²) in [4.78, 5) is 0. The summed E-state index contributed by atoms with van der Waals surface area (Å²) in [6, 6.07) is 22.1. The zero-order valence-corrected chi connectivity index (χ0v) is 11.9. The Hall–Kier alpha value is -3.30. The minimum atomic E-state index is 0.114. The monoisotopic (exact) mass is 283 g/mol. The molecule has 2 aromatic carbocycles. The highest BCUT2D eigenvalue weighted by Gasteiger charge is 2.03. The first-order chi connectivity index (χ1) is 10.8. The van der Waals surface area contributed by atoms with Crippen LogP contribution in [-0.2, 0) is 6.54 Å². The van der Waals surface area contributed by atoms with E-state index in [2.05, 4.69) is 22.9 Å². The van der Waals surface area contributed by atoms with E-state index < -0.39 is 0 Å². The lowest BCUT2D eigenvalue weighted by atomic mass is 10.1. The van der Waals surface area contributed by atoms with Crippen molar-refractivity contribution in [2.75, 3.05) is 0 Å². The van der Waals surface area contributed by atoms with E-state index in [1.165, 1.54) is 5.56 Å². The van der Waals surface area contributed by atoms with Crippen LogP contribution >= 0.6 is 0 Å². The number of rotatable bonds is 3. The van der Waals surface area contributed by atoms with Crippen molar-refractivity contribution in [1.82, 2.24) is 4.57 Å². The van der Waals surface area contributed by atoms with Gasteiger partial charge in [0.2, 0.25) is 0 Å². The maximum Gasteiger partial charge on any atom is 0.130 e. The zero-order chi connectivity index (χ0) is 15.4. The van der Waals surface area contributed by atoms with Gasteiger partial charge in [-0.1, -0.05) is 36.4 Å². The van der Waals surface area contributed by atoms with E-state index in [4.69, 9.17) is 10.5 Å². The first kappa shape index (κ1) is 13.7. The van der Waals surface area contributed by atoms with Gasteiger partial charge in [0.1, 0.15) is 17.7 Å². The average molecular weight is 283 g/mol. The number of benzene rings is 2. The van der Waals surface area contributed by atoms with Gasteiger partial charge in [-0.15, -0.1) is 0 Å². The molecular weight excluding hydrogens is 270 g/mol. The quantitative estimate of drug-likeness (QED) is 0.679. The highest BCUT2D eigenvalue weighted by Crippen LogP contribution is 2.20. The second-order valence-electron chi connectivity index (χ2n) is 5.03. The van der Waals surface area contributed by atoms with Crippen molar-refractivity contribution in [3.8, 4) is 12.1 Å². The van der Waals surface area contributed by atoms with Gasteiger partial charge in [0, 0.05) is 23.6 Å². The summed E-state index contributed by atoms with van der Waals surface area (Å²) < 4.78 is 2.19. The van der Waals surface area contributed by atoms with Crippen molar-refractivity contribution in [3.63, 3.8) is 0 Å². The maximum absolute atomic E-state index is 8.82. The van der Waals surface area contributed by atoms with Crippen LogP contribution in [0.5, 0.6) is 0 Å². The van der Waals surface area contributed by atoms with Gasteiger partial charge in [-0.3, -0.25) is 0 Å². The number of nitriles is 2. The third-order valence-electron chi connectivity index (χ3n) is 3.54. The zero-order valence-electron chi connectivity index (χ0n) is 11.9. The van der Waals surface area contributed by atoms with Crippen LogP contribution in [0.25, 0.3) is 17.0 Å². The van der Waals surface area contributed by atoms with Crippen LogP contribution in [0, 0.1) is 22.7 Å². The lowest BCUT2D eigenvalue weighted by Gasteiger charge is -2.06. The smallest absolute Gasteiger partial charge is 0.130 e. The summed E-state index contributed by atoms with van der Waals surface area (Å²) in [7, 11) is 0. The molecule has 0 aliphatic rings. The summed E-state index contributed by atoms with van der Waals surface area (Å²) in [5.41, 5.74) is 3.36. The average Bonchev–Trinajstić information content (AvgIpc) is 2.96. The molecule has 0 saturated carbocycles. The van der Waals surface area contributed by atoms with Crippen LogP contribution in [-0.4, -0.2) is 4.57 Å². The molecular formula is C19H13N3. The summed E-state index contributed by atoms with van der Waals surface area (Å²) in [6.45, 7) is 0.821. The van der Waals surface area contributed by atoms with Gasteiger partial charge in [-0.25, -0.2) is 0 Å². The van der Waals surface area contributed by atoms with E-state index in [1.807, 2.05) is 54.6 Å². The molecule has 0 atom stereocenters. The Bertz CT molecular complexity index is 903. The van der Waals surface area contributed by atoms with Gasteiger partial charge in [0.15, 0.2) is 0 Å². The fraction of sp³-hybridized carbons (Fsp3) is 0.0526. The Morgan fingerprint density at radius 3 is 2.50 bits per heavy atom. The lowest BCUT2D eigenvalue weighted by molar-refractivity contribution is 0.837. The molecule has 1 heterocycles. The molecule has 3 nitrogen and oxygen atoms in total. The molecule has 3 aromatic rings. The molecule has 0 N–H and O–H groups in total. The van der Waals surface area contributed by atoms with Gasteiger partial charge in [0.25, 0.3) is 0 Å². The van der Waals surface area contributed by atoms with Crippen LogP contribution in [0.4, 0.5) is 0 Å². The van der Waals surface area contributed by atoms with E-state index in [1.54, 1.807) is 6.08 Å². The lowest BCUT2D eigenvalue weighted by Crippen LogP contribution is -1.97. The van der Waals surface area contributed by atoms with Gasteiger partial charge in [-0.2, -0.15) is 10.5 Å². The number of aromatic nitrogens is 1. The largest absolute Gasteiger partial charge is 0.343 e.